The molecule has 92 valence electrons. The van der Waals surface area contributed by atoms with Gasteiger partial charge in [-0.2, -0.15) is 5.26 Å². The van der Waals surface area contributed by atoms with Crippen molar-refractivity contribution in [3.8, 4) is 6.07 Å². The molecule has 1 aromatic rings. The van der Waals surface area contributed by atoms with E-state index in [1.165, 1.54) is 7.05 Å². The van der Waals surface area contributed by atoms with Gasteiger partial charge in [0, 0.05) is 18.8 Å². The van der Waals surface area contributed by atoms with Crippen molar-refractivity contribution in [3.63, 3.8) is 0 Å². The molecule has 0 heterocycles. The Bertz CT molecular complexity index is 524. The van der Waals surface area contributed by atoms with Crippen LogP contribution in [0.15, 0.2) is 36.0 Å². The van der Waals surface area contributed by atoms with Gasteiger partial charge in [-0.15, -0.1) is 0 Å². The van der Waals surface area contributed by atoms with E-state index >= 15 is 0 Å². The largest absolute Gasteiger partial charge is 0.341 e. The molecule has 0 saturated heterocycles. The Morgan fingerprint density at radius 1 is 1.28 bits per heavy atom. The van der Waals surface area contributed by atoms with Gasteiger partial charge >= 0.3 is 6.03 Å². The summed E-state index contributed by atoms with van der Waals surface area (Å²) in [6.45, 7) is 1.91. The zero-order valence-electron chi connectivity index (χ0n) is 10.2. The lowest BCUT2D eigenvalue weighted by Gasteiger charge is -2.01. The second-order valence-electron chi connectivity index (χ2n) is 3.59. The molecular weight excluding hydrogens is 230 g/mol. The summed E-state index contributed by atoms with van der Waals surface area (Å²) in [6, 6.07) is 8.13. The first kappa shape index (κ1) is 13.5. The van der Waals surface area contributed by atoms with Crippen LogP contribution in [0.1, 0.15) is 15.9 Å². The molecule has 0 radical (unpaired) electrons. The highest BCUT2D eigenvalue weighted by atomic mass is 16.2. The van der Waals surface area contributed by atoms with Crippen LogP contribution < -0.4 is 10.6 Å². The van der Waals surface area contributed by atoms with Crippen LogP contribution >= 0.6 is 0 Å². The topological polar surface area (TPSA) is 82.0 Å². The Balaban J connectivity index is 2.90. The first-order valence-electron chi connectivity index (χ1n) is 5.28. The quantitative estimate of drug-likeness (QED) is 0.479. The lowest BCUT2D eigenvalue weighted by atomic mass is 10.0. The van der Waals surface area contributed by atoms with Crippen molar-refractivity contribution in [1.29, 1.82) is 5.26 Å². The Hall–Kier alpha value is -2.61. The molecule has 0 saturated carbocycles. The number of amides is 2. The molecule has 0 fully saturated rings. The number of hydrogen-bond acceptors (Lipinski definition) is 3. The molecule has 2 N–H and O–H groups in total. The zero-order chi connectivity index (χ0) is 13.5. The summed E-state index contributed by atoms with van der Waals surface area (Å²) < 4.78 is 0. The van der Waals surface area contributed by atoms with Gasteiger partial charge in [-0.05, 0) is 6.92 Å². The van der Waals surface area contributed by atoms with Crippen LogP contribution in [0, 0.1) is 18.3 Å². The number of nitriles is 1. The van der Waals surface area contributed by atoms with Gasteiger partial charge in [-0.1, -0.05) is 29.8 Å². The molecular formula is C13H13N3O2. The number of Topliss-reactive ketones (excluding diaryl/α,β-unsaturated/α-hetero) is 1. The Labute approximate surface area is 105 Å². The summed E-state index contributed by atoms with van der Waals surface area (Å²) in [4.78, 5) is 22.9. The van der Waals surface area contributed by atoms with E-state index in [0.29, 0.717) is 5.56 Å². The maximum Gasteiger partial charge on any atom is 0.318 e. The van der Waals surface area contributed by atoms with Crippen LogP contribution in [0.5, 0.6) is 0 Å². The second-order valence-corrected chi connectivity index (χ2v) is 3.59. The highest BCUT2D eigenvalue weighted by molar-refractivity contribution is 6.11. The Kier molecular flexibility index (Phi) is 4.64. The van der Waals surface area contributed by atoms with E-state index in [0.717, 1.165) is 11.8 Å². The summed E-state index contributed by atoms with van der Waals surface area (Å²) in [6.07, 6.45) is 1.10. The second kappa shape index (κ2) is 6.21. The van der Waals surface area contributed by atoms with Crippen molar-refractivity contribution in [1.82, 2.24) is 10.6 Å². The molecule has 1 rings (SSSR count). The third-order valence-corrected chi connectivity index (χ3v) is 2.25. The SMILES string of the molecule is CNC(=O)NC=C(C#N)C(=O)c1ccc(C)cc1. The molecule has 2 amide bonds. The number of aryl methyl sites for hydroxylation is 1. The van der Waals surface area contributed by atoms with Crippen molar-refractivity contribution in [2.45, 2.75) is 6.92 Å². The minimum atomic E-state index is -0.487. The molecule has 0 bridgehead atoms. The number of carbonyl (C=O) groups is 2. The standard InChI is InChI=1S/C13H13N3O2/c1-9-3-5-10(6-4-9)12(17)11(7-14)8-16-13(18)15-2/h3-6,8H,1-2H3,(H2,15,16,18). The van der Waals surface area contributed by atoms with Crippen molar-refractivity contribution in [2.24, 2.45) is 0 Å². The van der Waals surface area contributed by atoms with Crippen LogP contribution in [0.2, 0.25) is 0 Å². The smallest absolute Gasteiger partial charge is 0.318 e. The number of rotatable bonds is 3. The number of nitrogens with one attached hydrogen (secondary N) is 2. The van der Waals surface area contributed by atoms with Gasteiger partial charge in [0.2, 0.25) is 5.78 Å². The molecule has 0 unspecified atom stereocenters. The van der Waals surface area contributed by atoms with Gasteiger partial charge < -0.3 is 10.6 Å². The summed E-state index contributed by atoms with van der Waals surface area (Å²) in [5.74, 6) is -0.422. The highest BCUT2D eigenvalue weighted by Crippen LogP contribution is 2.08. The lowest BCUT2D eigenvalue weighted by Crippen LogP contribution is -2.29. The summed E-state index contributed by atoms with van der Waals surface area (Å²) in [5.41, 5.74) is 1.31. The molecule has 0 aliphatic rings. The fourth-order valence-corrected chi connectivity index (χ4v) is 1.22. The molecule has 5 nitrogen and oxygen atoms in total. The molecule has 0 aliphatic heterocycles. The number of urea groups is 1. The van der Waals surface area contributed by atoms with Crippen molar-refractivity contribution in [2.75, 3.05) is 7.05 Å². The summed E-state index contributed by atoms with van der Waals surface area (Å²) in [7, 11) is 1.44. The molecule has 0 aromatic heterocycles. The highest BCUT2D eigenvalue weighted by Gasteiger charge is 2.11. The minimum absolute atomic E-state index is 0.123. The number of allylic oxidation sites excluding steroid dienone is 1. The first-order valence-corrected chi connectivity index (χ1v) is 5.28. The first-order chi connectivity index (χ1) is 8.58. The molecule has 0 atom stereocenters. The molecule has 1 aromatic carbocycles. The van der Waals surface area contributed by atoms with Gasteiger partial charge in [-0.25, -0.2) is 4.79 Å². The van der Waals surface area contributed by atoms with Crippen LogP contribution in [0.4, 0.5) is 4.79 Å². The number of nitrogens with zero attached hydrogens (tertiary/aromatic N) is 1. The van der Waals surface area contributed by atoms with Crippen molar-refractivity contribution in [3.05, 3.63) is 47.2 Å². The predicted molar refractivity (Wildman–Crippen MR) is 66.8 cm³/mol. The Morgan fingerprint density at radius 3 is 2.39 bits per heavy atom. The summed E-state index contributed by atoms with van der Waals surface area (Å²) >= 11 is 0. The summed E-state index contributed by atoms with van der Waals surface area (Å²) in [5, 5.41) is 13.5. The number of carbonyl (C=O) groups excluding carboxylic acids is 2. The maximum atomic E-state index is 11.9. The van der Waals surface area contributed by atoms with Gasteiger partial charge in [0.05, 0.1) is 0 Å². The fraction of sp³-hybridized carbons (Fsp3) is 0.154. The van der Waals surface area contributed by atoms with Gasteiger partial charge in [0.15, 0.2) is 0 Å². The van der Waals surface area contributed by atoms with E-state index < -0.39 is 11.8 Å². The van der Waals surface area contributed by atoms with Crippen molar-refractivity contribution >= 4 is 11.8 Å². The molecule has 0 spiro atoms. The zero-order valence-corrected chi connectivity index (χ0v) is 10.2. The fourth-order valence-electron chi connectivity index (χ4n) is 1.22. The van der Waals surface area contributed by atoms with E-state index in [9.17, 15) is 9.59 Å². The third-order valence-electron chi connectivity index (χ3n) is 2.25. The Morgan fingerprint density at radius 2 is 1.89 bits per heavy atom. The monoisotopic (exact) mass is 243 g/mol. The number of hydrogen-bond donors (Lipinski definition) is 2. The van der Waals surface area contributed by atoms with E-state index in [4.69, 9.17) is 5.26 Å². The van der Waals surface area contributed by atoms with Crippen molar-refractivity contribution < 1.29 is 9.59 Å². The van der Waals surface area contributed by atoms with E-state index in [1.54, 1.807) is 30.3 Å². The predicted octanol–water partition coefficient (Wildman–Crippen LogP) is 1.51. The van der Waals surface area contributed by atoms with Gasteiger partial charge in [0.25, 0.3) is 0 Å². The van der Waals surface area contributed by atoms with Crippen LogP contribution in [0.3, 0.4) is 0 Å². The van der Waals surface area contributed by atoms with Gasteiger partial charge in [-0.3, -0.25) is 4.79 Å². The average molecular weight is 243 g/mol. The number of benzene rings is 1. The lowest BCUT2D eigenvalue weighted by molar-refractivity contribution is 0.103. The van der Waals surface area contributed by atoms with E-state index in [1.807, 2.05) is 6.92 Å². The average Bonchev–Trinajstić information content (AvgIpc) is 2.39. The van der Waals surface area contributed by atoms with Crippen LogP contribution in [0.25, 0.3) is 0 Å². The van der Waals surface area contributed by atoms with Crippen LogP contribution in [-0.2, 0) is 0 Å². The normalized spacial score (nSPS) is 10.4. The number of ketones is 1. The van der Waals surface area contributed by atoms with E-state index in [2.05, 4.69) is 10.6 Å². The molecule has 5 heteroatoms. The van der Waals surface area contributed by atoms with Crippen LogP contribution in [-0.4, -0.2) is 18.9 Å². The van der Waals surface area contributed by atoms with E-state index in [-0.39, 0.29) is 5.57 Å². The minimum Gasteiger partial charge on any atom is -0.341 e. The third kappa shape index (κ3) is 3.46. The molecule has 0 aliphatic carbocycles. The molecule has 18 heavy (non-hydrogen) atoms. The van der Waals surface area contributed by atoms with Gasteiger partial charge in [0.1, 0.15) is 11.6 Å². The maximum absolute atomic E-state index is 11.9.